The molecule has 28 heavy (non-hydrogen) atoms. The Hall–Kier alpha value is -2.87. The minimum absolute atomic E-state index is 0.186. The number of rotatable bonds is 9. The van der Waals surface area contributed by atoms with Crippen molar-refractivity contribution in [3.05, 3.63) is 59.7 Å². The van der Waals surface area contributed by atoms with Crippen molar-refractivity contribution in [2.45, 2.75) is 20.4 Å². The average molecular weight is 404 g/mol. The summed E-state index contributed by atoms with van der Waals surface area (Å²) in [6, 6.07) is 13.5. The number of benzene rings is 2. The topological polar surface area (TPSA) is 92.8 Å². The molecule has 1 N–H and O–H groups in total. The lowest BCUT2D eigenvalue weighted by Gasteiger charge is -2.22. The number of ether oxygens (including phenoxy) is 1. The molecular weight excluding hydrogens is 380 g/mol. The van der Waals surface area contributed by atoms with E-state index in [2.05, 4.69) is 5.32 Å². The van der Waals surface area contributed by atoms with Crippen molar-refractivity contribution in [2.24, 2.45) is 0 Å². The van der Waals surface area contributed by atoms with Gasteiger partial charge in [-0.3, -0.25) is 13.9 Å². The van der Waals surface area contributed by atoms with Gasteiger partial charge >= 0.3 is 0 Å². The molecular formula is C20H24N2O5S. The van der Waals surface area contributed by atoms with E-state index in [-0.39, 0.29) is 24.6 Å². The van der Waals surface area contributed by atoms with Gasteiger partial charge in [0.05, 0.1) is 18.6 Å². The van der Waals surface area contributed by atoms with Gasteiger partial charge in [-0.1, -0.05) is 24.3 Å². The van der Waals surface area contributed by atoms with E-state index in [1.807, 2.05) is 31.2 Å². The minimum Gasteiger partial charge on any atom is -0.494 e. The Bertz CT molecular complexity index is 957. The van der Waals surface area contributed by atoms with Crippen molar-refractivity contribution in [1.29, 1.82) is 0 Å². The van der Waals surface area contributed by atoms with Crippen molar-refractivity contribution in [3.8, 4) is 5.75 Å². The van der Waals surface area contributed by atoms with Crippen LogP contribution in [0.4, 0.5) is 5.69 Å². The lowest BCUT2D eigenvalue weighted by Crippen LogP contribution is -2.40. The minimum atomic E-state index is -3.71. The van der Waals surface area contributed by atoms with Crippen LogP contribution < -0.4 is 14.4 Å². The lowest BCUT2D eigenvalue weighted by atomic mass is 10.1. The highest BCUT2D eigenvalue weighted by molar-refractivity contribution is 7.92. The average Bonchev–Trinajstić information content (AvgIpc) is 2.64. The molecule has 0 aliphatic rings. The van der Waals surface area contributed by atoms with Gasteiger partial charge in [-0.15, -0.1) is 0 Å². The number of carbonyl (C=O) groups excluding carboxylic acids is 2. The molecule has 2 aromatic carbocycles. The van der Waals surface area contributed by atoms with Gasteiger partial charge in [0.1, 0.15) is 12.3 Å². The van der Waals surface area contributed by atoms with E-state index >= 15 is 0 Å². The van der Waals surface area contributed by atoms with Crippen LogP contribution in [0.15, 0.2) is 48.5 Å². The maximum Gasteiger partial charge on any atom is 0.241 e. The number of nitrogens with one attached hydrogen (secondary N) is 1. The summed E-state index contributed by atoms with van der Waals surface area (Å²) in [5.41, 5.74) is 1.48. The van der Waals surface area contributed by atoms with Crippen LogP contribution in [-0.2, 0) is 21.4 Å². The SMILES string of the molecule is CCOc1cccc(CNC(=O)CN(c2cccc(C(C)=O)c2)S(C)(=O)=O)c1. The molecule has 0 spiro atoms. The van der Waals surface area contributed by atoms with E-state index in [1.165, 1.54) is 13.0 Å². The molecule has 0 saturated heterocycles. The molecule has 2 aromatic rings. The zero-order valence-corrected chi connectivity index (χ0v) is 17.0. The van der Waals surface area contributed by atoms with Crippen molar-refractivity contribution >= 4 is 27.4 Å². The first-order valence-corrected chi connectivity index (χ1v) is 10.6. The van der Waals surface area contributed by atoms with Crippen LogP contribution in [0.2, 0.25) is 0 Å². The number of hydrogen-bond acceptors (Lipinski definition) is 5. The highest BCUT2D eigenvalue weighted by atomic mass is 32.2. The van der Waals surface area contributed by atoms with Gasteiger partial charge in [-0.2, -0.15) is 0 Å². The maximum absolute atomic E-state index is 12.4. The quantitative estimate of drug-likeness (QED) is 0.648. The number of sulfonamides is 1. The summed E-state index contributed by atoms with van der Waals surface area (Å²) in [7, 11) is -3.71. The highest BCUT2D eigenvalue weighted by Crippen LogP contribution is 2.19. The molecule has 8 heteroatoms. The van der Waals surface area contributed by atoms with Crippen molar-refractivity contribution < 1.29 is 22.7 Å². The van der Waals surface area contributed by atoms with E-state index < -0.39 is 15.9 Å². The second-order valence-electron chi connectivity index (χ2n) is 6.23. The molecule has 0 aliphatic heterocycles. The van der Waals surface area contributed by atoms with Crippen LogP contribution >= 0.6 is 0 Å². The summed E-state index contributed by atoms with van der Waals surface area (Å²) in [4.78, 5) is 23.9. The molecule has 0 aromatic heterocycles. The monoisotopic (exact) mass is 404 g/mol. The van der Waals surface area contributed by atoms with Gasteiger partial charge in [0, 0.05) is 12.1 Å². The molecule has 0 atom stereocenters. The molecule has 0 radical (unpaired) electrons. The number of hydrogen-bond donors (Lipinski definition) is 1. The Labute approximate surface area is 165 Å². The fourth-order valence-electron chi connectivity index (χ4n) is 2.58. The zero-order valence-electron chi connectivity index (χ0n) is 16.1. The first-order valence-electron chi connectivity index (χ1n) is 8.78. The highest BCUT2D eigenvalue weighted by Gasteiger charge is 2.21. The number of ketones is 1. The van der Waals surface area contributed by atoms with Gasteiger partial charge in [0.2, 0.25) is 15.9 Å². The molecule has 150 valence electrons. The van der Waals surface area contributed by atoms with Crippen LogP contribution in [0.25, 0.3) is 0 Å². The summed E-state index contributed by atoms with van der Waals surface area (Å²) < 4.78 is 30.8. The molecule has 0 heterocycles. The Morgan fingerprint density at radius 1 is 1.11 bits per heavy atom. The van der Waals surface area contributed by atoms with Gasteiger partial charge < -0.3 is 10.1 Å². The van der Waals surface area contributed by atoms with Crippen molar-refractivity contribution in [3.63, 3.8) is 0 Å². The molecule has 0 bridgehead atoms. The molecule has 0 saturated carbocycles. The summed E-state index contributed by atoms with van der Waals surface area (Å²) >= 11 is 0. The van der Waals surface area contributed by atoms with Crippen molar-refractivity contribution in [2.75, 3.05) is 23.7 Å². The van der Waals surface area contributed by atoms with Crippen LogP contribution in [0.1, 0.15) is 29.8 Å². The zero-order chi connectivity index (χ0) is 20.7. The van der Waals surface area contributed by atoms with Crippen LogP contribution in [-0.4, -0.2) is 39.5 Å². The third kappa shape index (κ3) is 6.09. The Balaban J connectivity index is 2.11. The van der Waals surface area contributed by atoms with E-state index in [4.69, 9.17) is 4.74 Å². The molecule has 2 rings (SSSR count). The van der Waals surface area contributed by atoms with Gasteiger partial charge in [0.15, 0.2) is 5.78 Å². The van der Waals surface area contributed by atoms with E-state index in [9.17, 15) is 18.0 Å². The van der Waals surface area contributed by atoms with E-state index in [0.29, 0.717) is 17.9 Å². The standard InChI is InChI=1S/C20H24N2O5S/c1-4-27-19-10-5-7-16(11-19)13-21-20(24)14-22(28(3,25)26)18-9-6-8-17(12-18)15(2)23/h5-12H,4,13-14H2,1-3H3,(H,21,24). The van der Waals surface area contributed by atoms with Gasteiger partial charge in [0.25, 0.3) is 0 Å². The molecule has 0 aliphatic carbocycles. The molecule has 0 unspecified atom stereocenters. The largest absolute Gasteiger partial charge is 0.494 e. The Morgan fingerprint density at radius 3 is 2.46 bits per heavy atom. The van der Waals surface area contributed by atoms with Crippen LogP contribution in [0, 0.1) is 0 Å². The summed E-state index contributed by atoms with van der Waals surface area (Å²) in [6.45, 7) is 3.68. The predicted octanol–water partition coefficient (Wildman–Crippen LogP) is 2.37. The number of anilines is 1. The maximum atomic E-state index is 12.4. The number of amides is 1. The number of Topliss-reactive ketones (excluding diaryl/α,β-unsaturated/α-hetero) is 1. The Kier molecular flexibility index (Phi) is 7.17. The number of carbonyl (C=O) groups is 2. The van der Waals surface area contributed by atoms with Gasteiger partial charge in [-0.05, 0) is 43.7 Å². The summed E-state index contributed by atoms with van der Waals surface area (Å²) in [5.74, 6) is 0.0578. The number of nitrogens with zero attached hydrogens (tertiary/aromatic N) is 1. The summed E-state index contributed by atoms with van der Waals surface area (Å²) in [5, 5.41) is 2.71. The third-order valence-corrected chi connectivity index (χ3v) is 5.07. The van der Waals surface area contributed by atoms with E-state index in [0.717, 1.165) is 16.1 Å². The van der Waals surface area contributed by atoms with Crippen LogP contribution in [0.3, 0.4) is 0 Å². The first kappa shape index (κ1) is 21.4. The Morgan fingerprint density at radius 2 is 1.82 bits per heavy atom. The van der Waals surface area contributed by atoms with Crippen molar-refractivity contribution in [1.82, 2.24) is 5.32 Å². The molecule has 1 amide bonds. The smallest absolute Gasteiger partial charge is 0.241 e. The fraction of sp³-hybridized carbons (Fsp3) is 0.300. The fourth-order valence-corrected chi connectivity index (χ4v) is 3.43. The second-order valence-corrected chi connectivity index (χ2v) is 8.14. The first-order chi connectivity index (χ1) is 13.2. The van der Waals surface area contributed by atoms with Crippen LogP contribution in [0.5, 0.6) is 5.75 Å². The molecule has 7 nitrogen and oxygen atoms in total. The summed E-state index contributed by atoms with van der Waals surface area (Å²) in [6.07, 6.45) is 1.02. The normalized spacial score (nSPS) is 11.0. The second kappa shape index (κ2) is 9.36. The van der Waals surface area contributed by atoms with E-state index in [1.54, 1.807) is 18.2 Å². The molecule has 0 fully saturated rings. The third-order valence-electron chi connectivity index (χ3n) is 3.93. The predicted molar refractivity (Wildman–Crippen MR) is 108 cm³/mol. The lowest BCUT2D eigenvalue weighted by molar-refractivity contribution is -0.119. The van der Waals surface area contributed by atoms with Gasteiger partial charge in [-0.25, -0.2) is 8.42 Å².